The van der Waals surface area contributed by atoms with E-state index in [9.17, 15) is 14.7 Å². The molecule has 1 aliphatic rings. The molecule has 1 aromatic carbocycles. The topological polar surface area (TPSA) is 60.9 Å². The second-order valence-electron chi connectivity index (χ2n) is 5.36. The first kappa shape index (κ1) is 15.4. The summed E-state index contributed by atoms with van der Waals surface area (Å²) in [5, 5.41) is 9.32. The summed E-state index contributed by atoms with van der Waals surface area (Å²) < 4.78 is 0. The van der Waals surface area contributed by atoms with Gasteiger partial charge in [0, 0.05) is 18.8 Å². The quantitative estimate of drug-likeness (QED) is 0.931. The molecule has 0 aromatic heterocycles. The molecule has 0 bridgehead atoms. The van der Waals surface area contributed by atoms with Crippen LogP contribution >= 0.6 is 0 Å². The van der Waals surface area contributed by atoms with Crippen LogP contribution in [0.3, 0.4) is 0 Å². The molecule has 21 heavy (non-hydrogen) atoms. The zero-order valence-electron chi connectivity index (χ0n) is 12.6. The van der Waals surface area contributed by atoms with Crippen LogP contribution in [0.2, 0.25) is 0 Å². The summed E-state index contributed by atoms with van der Waals surface area (Å²) in [5.74, 6) is -0.913. The van der Waals surface area contributed by atoms with Gasteiger partial charge >= 0.3 is 12.0 Å². The average Bonchev–Trinajstić information content (AvgIpc) is 2.49. The van der Waals surface area contributed by atoms with E-state index >= 15 is 0 Å². The smallest absolute Gasteiger partial charge is 0.326 e. The number of hydrogen-bond donors (Lipinski definition) is 1. The predicted molar refractivity (Wildman–Crippen MR) is 81.6 cm³/mol. The maximum absolute atomic E-state index is 12.8. The fourth-order valence-corrected chi connectivity index (χ4v) is 2.85. The van der Waals surface area contributed by atoms with Crippen molar-refractivity contribution in [2.24, 2.45) is 0 Å². The first-order chi connectivity index (χ1) is 10.1. The lowest BCUT2D eigenvalue weighted by Crippen LogP contribution is -2.53. The number of carboxylic acid groups (broad SMARTS) is 1. The van der Waals surface area contributed by atoms with Crippen molar-refractivity contribution in [3.05, 3.63) is 29.8 Å². The van der Waals surface area contributed by atoms with Gasteiger partial charge in [-0.1, -0.05) is 18.2 Å². The van der Waals surface area contributed by atoms with Gasteiger partial charge in [-0.15, -0.1) is 0 Å². The summed E-state index contributed by atoms with van der Waals surface area (Å²) in [5.41, 5.74) is 1.86. The largest absolute Gasteiger partial charge is 0.480 e. The first-order valence-electron chi connectivity index (χ1n) is 7.42. The van der Waals surface area contributed by atoms with Gasteiger partial charge in [0.15, 0.2) is 0 Å². The Labute approximate surface area is 125 Å². The van der Waals surface area contributed by atoms with Gasteiger partial charge in [0.2, 0.25) is 0 Å². The highest BCUT2D eigenvalue weighted by Crippen LogP contribution is 2.24. The van der Waals surface area contributed by atoms with E-state index in [-0.39, 0.29) is 6.03 Å². The van der Waals surface area contributed by atoms with E-state index in [0.29, 0.717) is 19.5 Å². The van der Waals surface area contributed by atoms with Crippen LogP contribution in [0.15, 0.2) is 24.3 Å². The van der Waals surface area contributed by atoms with Crippen molar-refractivity contribution in [2.45, 2.75) is 39.2 Å². The van der Waals surface area contributed by atoms with E-state index in [2.05, 4.69) is 0 Å². The van der Waals surface area contributed by atoms with Gasteiger partial charge in [-0.25, -0.2) is 9.59 Å². The van der Waals surface area contributed by atoms with Crippen molar-refractivity contribution in [3.8, 4) is 0 Å². The number of carbonyl (C=O) groups excluding carboxylic acids is 1. The maximum Gasteiger partial charge on any atom is 0.326 e. The lowest BCUT2D eigenvalue weighted by Gasteiger charge is -2.37. The molecule has 0 spiro atoms. The Hall–Kier alpha value is -2.04. The molecule has 0 radical (unpaired) electrons. The van der Waals surface area contributed by atoms with E-state index in [1.165, 1.54) is 4.90 Å². The summed E-state index contributed by atoms with van der Waals surface area (Å²) in [6, 6.07) is 6.76. The summed E-state index contributed by atoms with van der Waals surface area (Å²) in [6.45, 7) is 4.89. The summed E-state index contributed by atoms with van der Waals surface area (Å²) in [4.78, 5) is 27.3. The van der Waals surface area contributed by atoms with Gasteiger partial charge in [-0.05, 0) is 44.7 Å². The van der Waals surface area contributed by atoms with Crippen molar-refractivity contribution < 1.29 is 14.7 Å². The van der Waals surface area contributed by atoms with E-state index in [1.807, 2.05) is 38.1 Å². The molecular weight excluding hydrogens is 268 g/mol. The van der Waals surface area contributed by atoms with Crippen LogP contribution < -0.4 is 4.90 Å². The zero-order valence-corrected chi connectivity index (χ0v) is 12.6. The molecule has 1 fully saturated rings. The number of carbonyl (C=O) groups is 2. The second kappa shape index (κ2) is 6.61. The van der Waals surface area contributed by atoms with Crippen LogP contribution in [0.4, 0.5) is 10.5 Å². The Balaban J connectivity index is 2.27. The number of hydrogen-bond acceptors (Lipinski definition) is 2. The van der Waals surface area contributed by atoms with Crippen LogP contribution in [-0.2, 0) is 4.79 Å². The lowest BCUT2D eigenvalue weighted by atomic mass is 10.0. The Morgan fingerprint density at radius 2 is 2.05 bits per heavy atom. The number of carboxylic acids is 1. The Bertz CT molecular complexity index is 530. The molecule has 2 rings (SSSR count). The highest BCUT2D eigenvalue weighted by atomic mass is 16.4. The normalized spacial score (nSPS) is 18.4. The molecule has 5 heteroatoms. The number of likely N-dealkylation sites (tertiary alicyclic amines) is 1. The monoisotopic (exact) mass is 290 g/mol. The van der Waals surface area contributed by atoms with E-state index in [1.54, 1.807) is 4.90 Å². The average molecular weight is 290 g/mol. The number of rotatable bonds is 3. The molecule has 1 unspecified atom stereocenters. The molecule has 1 saturated heterocycles. The molecule has 0 saturated carbocycles. The number of aryl methyl sites for hydroxylation is 1. The Kier molecular flexibility index (Phi) is 4.83. The minimum atomic E-state index is -0.913. The highest BCUT2D eigenvalue weighted by molar-refractivity contribution is 5.95. The van der Waals surface area contributed by atoms with Gasteiger partial charge in [-0.3, -0.25) is 4.90 Å². The molecule has 2 amide bonds. The fourth-order valence-electron chi connectivity index (χ4n) is 2.85. The van der Waals surface area contributed by atoms with Crippen molar-refractivity contribution in [3.63, 3.8) is 0 Å². The molecule has 5 nitrogen and oxygen atoms in total. The molecule has 1 aliphatic heterocycles. The van der Waals surface area contributed by atoms with E-state index in [4.69, 9.17) is 0 Å². The third kappa shape index (κ3) is 3.17. The zero-order chi connectivity index (χ0) is 15.4. The molecule has 1 N–H and O–H groups in total. The SMILES string of the molecule is CCN(C(=O)N1CCCCC1C(=O)O)c1ccccc1C. The molecule has 114 valence electrons. The molecule has 0 aliphatic carbocycles. The third-order valence-corrected chi connectivity index (χ3v) is 3.99. The van der Waals surface area contributed by atoms with Crippen molar-refractivity contribution >= 4 is 17.7 Å². The van der Waals surface area contributed by atoms with Gasteiger partial charge < -0.3 is 10.0 Å². The van der Waals surface area contributed by atoms with Crippen LogP contribution in [0.25, 0.3) is 0 Å². The highest BCUT2D eigenvalue weighted by Gasteiger charge is 2.34. The minimum Gasteiger partial charge on any atom is -0.480 e. The van der Waals surface area contributed by atoms with Gasteiger partial charge in [0.05, 0.1) is 0 Å². The third-order valence-electron chi connectivity index (χ3n) is 3.99. The number of amides is 2. The second-order valence-corrected chi connectivity index (χ2v) is 5.36. The lowest BCUT2D eigenvalue weighted by molar-refractivity contribution is -0.143. The number of para-hydroxylation sites is 1. The van der Waals surface area contributed by atoms with Gasteiger partial charge in [0.1, 0.15) is 6.04 Å². The van der Waals surface area contributed by atoms with Crippen LogP contribution in [0.1, 0.15) is 31.7 Å². The fraction of sp³-hybridized carbons (Fsp3) is 0.500. The standard InChI is InChI=1S/C16H22N2O3/c1-3-17(13-9-5-4-8-12(13)2)16(21)18-11-7-6-10-14(18)15(19)20/h4-5,8-9,14H,3,6-7,10-11H2,1-2H3,(H,19,20). The number of piperidine rings is 1. The van der Waals surface area contributed by atoms with Crippen LogP contribution in [0.5, 0.6) is 0 Å². The van der Waals surface area contributed by atoms with Crippen LogP contribution in [-0.4, -0.2) is 41.1 Å². The van der Waals surface area contributed by atoms with Crippen molar-refractivity contribution in [1.82, 2.24) is 4.90 Å². The summed E-state index contributed by atoms with van der Waals surface area (Å²) in [7, 11) is 0. The minimum absolute atomic E-state index is 0.209. The van der Waals surface area contributed by atoms with Gasteiger partial charge in [-0.2, -0.15) is 0 Å². The Morgan fingerprint density at radius 1 is 1.33 bits per heavy atom. The molecule has 1 atom stereocenters. The molecule has 1 aromatic rings. The number of aliphatic carboxylic acids is 1. The summed E-state index contributed by atoms with van der Waals surface area (Å²) >= 11 is 0. The maximum atomic E-state index is 12.8. The van der Waals surface area contributed by atoms with Crippen molar-refractivity contribution in [2.75, 3.05) is 18.0 Å². The first-order valence-corrected chi connectivity index (χ1v) is 7.42. The number of benzene rings is 1. The van der Waals surface area contributed by atoms with E-state index < -0.39 is 12.0 Å². The number of urea groups is 1. The number of anilines is 1. The summed E-state index contributed by atoms with van der Waals surface area (Å²) in [6.07, 6.45) is 2.25. The van der Waals surface area contributed by atoms with Gasteiger partial charge in [0.25, 0.3) is 0 Å². The Morgan fingerprint density at radius 3 is 2.67 bits per heavy atom. The van der Waals surface area contributed by atoms with E-state index in [0.717, 1.165) is 24.1 Å². The number of nitrogens with zero attached hydrogens (tertiary/aromatic N) is 2. The van der Waals surface area contributed by atoms with Crippen LogP contribution in [0, 0.1) is 6.92 Å². The van der Waals surface area contributed by atoms with Crippen molar-refractivity contribution in [1.29, 1.82) is 0 Å². The molecular formula is C16H22N2O3. The predicted octanol–water partition coefficient (Wildman–Crippen LogP) is 2.88. The molecule has 1 heterocycles.